The van der Waals surface area contributed by atoms with Gasteiger partial charge in [-0.1, -0.05) is 20.8 Å². The normalized spacial score (nSPS) is 27.3. The van der Waals surface area contributed by atoms with Crippen LogP contribution in [0.5, 0.6) is 0 Å². The SMILES string of the molecule is CC1CC(C)(C)CCC1NCCCc1ncn[nH]1. The van der Waals surface area contributed by atoms with Gasteiger partial charge in [-0.25, -0.2) is 4.98 Å². The summed E-state index contributed by atoms with van der Waals surface area (Å²) in [5.74, 6) is 1.79. The van der Waals surface area contributed by atoms with E-state index < -0.39 is 0 Å². The molecule has 1 heterocycles. The van der Waals surface area contributed by atoms with Gasteiger partial charge in [0.2, 0.25) is 0 Å². The van der Waals surface area contributed by atoms with Crippen LogP contribution in [0.15, 0.2) is 6.33 Å². The number of hydrogen-bond acceptors (Lipinski definition) is 3. The molecule has 0 aromatic carbocycles. The Morgan fingerprint density at radius 1 is 1.50 bits per heavy atom. The Morgan fingerprint density at radius 2 is 2.33 bits per heavy atom. The summed E-state index contributed by atoms with van der Waals surface area (Å²) >= 11 is 0. The van der Waals surface area contributed by atoms with E-state index >= 15 is 0 Å². The lowest BCUT2D eigenvalue weighted by Crippen LogP contribution is -2.42. The van der Waals surface area contributed by atoms with E-state index in [1.807, 2.05) is 0 Å². The second-order valence-corrected chi connectivity index (χ2v) is 6.48. The highest BCUT2D eigenvalue weighted by atomic mass is 15.2. The maximum Gasteiger partial charge on any atom is 0.137 e. The number of aromatic nitrogens is 3. The van der Waals surface area contributed by atoms with Gasteiger partial charge in [-0.15, -0.1) is 0 Å². The topological polar surface area (TPSA) is 53.6 Å². The van der Waals surface area contributed by atoms with E-state index in [9.17, 15) is 0 Å². The highest BCUT2D eigenvalue weighted by Gasteiger charge is 2.31. The summed E-state index contributed by atoms with van der Waals surface area (Å²) in [5, 5.41) is 10.5. The fourth-order valence-corrected chi connectivity index (χ4v) is 3.14. The lowest BCUT2D eigenvalue weighted by molar-refractivity contribution is 0.149. The fraction of sp³-hybridized carbons (Fsp3) is 0.857. The molecule has 1 aromatic heterocycles. The van der Waals surface area contributed by atoms with Crippen molar-refractivity contribution in [2.24, 2.45) is 11.3 Å². The van der Waals surface area contributed by atoms with Crippen LogP contribution in [0.2, 0.25) is 0 Å². The molecule has 2 atom stereocenters. The van der Waals surface area contributed by atoms with E-state index in [0.29, 0.717) is 11.5 Å². The molecule has 0 radical (unpaired) electrons. The number of nitrogens with zero attached hydrogens (tertiary/aromatic N) is 2. The van der Waals surface area contributed by atoms with Crippen molar-refractivity contribution in [1.82, 2.24) is 20.5 Å². The average molecular weight is 250 g/mol. The minimum atomic E-state index is 0.539. The Labute approximate surface area is 110 Å². The fourth-order valence-electron chi connectivity index (χ4n) is 3.14. The third kappa shape index (κ3) is 3.80. The minimum absolute atomic E-state index is 0.539. The van der Waals surface area contributed by atoms with Crippen molar-refractivity contribution in [3.63, 3.8) is 0 Å². The molecular weight excluding hydrogens is 224 g/mol. The van der Waals surface area contributed by atoms with Crippen LogP contribution in [0.4, 0.5) is 0 Å². The van der Waals surface area contributed by atoms with Gasteiger partial charge in [0.1, 0.15) is 12.2 Å². The van der Waals surface area contributed by atoms with Crippen molar-refractivity contribution >= 4 is 0 Å². The van der Waals surface area contributed by atoms with Gasteiger partial charge in [0.15, 0.2) is 0 Å². The summed E-state index contributed by atoms with van der Waals surface area (Å²) in [6, 6.07) is 0.702. The molecule has 102 valence electrons. The molecular formula is C14H26N4. The molecule has 1 aliphatic carbocycles. The first-order chi connectivity index (χ1) is 8.57. The van der Waals surface area contributed by atoms with Gasteiger partial charge in [0.05, 0.1) is 0 Å². The summed E-state index contributed by atoms with van der Waals surface area (Å²) in [4.78, 5) is 4.14. The quantitative estimate of drug-likeness (QED) is 0.790. The summed E-state index contributed by atoms with van der Waals surface area (Å²) < 4.78 is 0. The van der Waals surface area contributed by atoms with E-state index in [1.165, 1.54) is 19.3 Å². The first-order valence-corrected chi connectivity index (χ1v) is 7.14. The minimum Gasteiger partial charge on any atom is -0.314 e. The van der Waals surface area contributed by atoms with Gasteiger partial charge in [-0.2, -0.15) is 5.10 Å². The van der Waals surface area contributed by atoms with Crippen LogP contribution in [0, 0.1) is 11.3 Å². The van der Waals surface area contributed by atoms with Crippen molar-refractivity contribution in [1.29, 1.82) is 0 Å². The average Bonchev–Trinajstić information content (AvgIpc) is 2.78. The van der Waals surface area contributed by atoms with E-state index in [2.05, 4.69) is 41.3 Å². The van der Waals surface area contributed by atoms with Crippen LogP contribution in [0.25, 0.3) is 0 Å². The van der Waals surface area contributed by atoms with Crippen molar-refractivity contribution in [2.75, 3.05) is 6.54 Å². The first-order valence-electron chi connectivity index (χ1n) is 7.14. The molecule has 2 N–H and O–H groups in total. The lowest BCUT2D eigenvalue weighted by Gasteiger charge is -2.39. The summed E-state index contributed by atoms with van der Waals surface area (Å²) in [6.07, 6.45) is 7.69. The maximum atomic E-state index is 4.14. The molecule has 2 rings (SSSR count). The molecule has 1 aromatic rings. The third-order valence-electron chi connectivity index (χ3n) is 4.16. The molecule has 0 amide bonds. The monoisotopic (exact) mass is 250 g/mol. The van der Waals surface area contributed by atoms with Gasteiger partial charge < -0.3 is 5.32 Å². The summed E-state index contributed by atoms with van der Waals surface area (Å²) in [6.45, 7) is 8.25. The van der Waals surface area contributed by atoms with Crippen LogP contribution in [-0.2, 0) is 6.42 Å². The van der Waals surface area contributed by atoms with Gasteiger partial charge in [-0.05, 0) is 43.6 Å². The van der Waals surface area contributed by atoms with E-state index in [4.69, 9.17) is 0 Å². The maximum absolute atomic E-state index is 4.14. The molecule has 2 unspecified atom stereocenters. The van der Waals surface area contributed by atoms with Gasteiger partial charge >= 0.3 is 0 Å². The van der Waals surface area contributed by atoms with Crippen LogP contribution >= 0.6 is 0 Å². The van der Waals surface area contributed by atoms with Crippen molar-refractivity contribution in [3.05, 3.63) is 12.2 Å². The van der Waals surface area contributed by atoms with E-state index in [1.54, 1.807) is 6.33 Å². The zero-order chi connectivity index (χ0) is 13.0. The second-order valence-electron chi connectivity index (χ2n) is 6.48. The Bertz CT molecular complexity index is 345. The summed E-state index contributed by atoms with van der Waals surface area (Å²) in [7, 11) is 0. The number of aromatic amines is 1. The van der Waals surface area contributed by atoms with Crippen LogP contribution in [-0.4, -0.2) is 27.8 Å². The molecule has 0 spiro atoms. The molecule has 0 aliphatic heterocycles. The van der Waals surface area contributed by atoms with Crippen molar-refractivity contribution in [2.45, 2.75) is 58.9 Å². The Hall–Kier alpha value is -0.900. The molecule has 1 aliphatic rings. The Morgan fingerprint density at radius 3 is 3.00 bits per heavy atom. The highest BCUT2D eigenvalue weighted by Crippen LogP contribution is 2.38. The van der Waals surface area contributed by atoms with Crippen molar-refractivity contribution < 1.29 is 0 Å². The first kappa shape index (κ1) is 13.5. The third-order valence-corrected chi connectivity index (χ3v) is 4.16. The summed E-state index contributed by atoms with van der Waals surface area (Å²) in [5.41, 5.74) is 0.539. The Kier molecular flexibility index (Phi) is 4.38. The highest BCUT2D eigenvalue weighted by molar-refractivity contribution is 4.87. The molecule has 0 bridgehead atoms. The van der Waals surface area contributed by atoms with Gasteiger partial charge in [0, 0.05) is 12.5 Å². The number of nitrogens with one attached hydrogen (secondary N) is 2. The molecule has 0 saturated heterocycles. The lowest BCUT2D eigenvalue weighted by atomic mass is 9.70. The largest absolute Gasteiger partial charge is 0.314 e. The molecule has 4 nitrogen and oxygen atoms in total. The number of aryl methyl sites for hydroxylation is 1. The standard InChI is InChI=1S/C14H26N4/c1-11-9-14(2,3)7-6-12(11)15-8-4-5-13-16-10-17-18-13/h10-12,15H,4-9H2,1-3H3,(H,16,17,18). The predicted molar refractivity (Wildman–Crippen MR) is 73.3 cm³/mol. The molecule has 1 saturated carbocycles. The second kappa shape index (κ2) is 5.83. The van der Waals surface area contributed by atoms with E-state index in [-0.39, 0.29) is 0 Å². The van der Waals surface area contributed by atoms with Gasteiger partial charge in [-0.3, -0.25) is 5.10 Å². The number of rotatable bonds is 5. The Balaban J connectivity index is 1.65. The number of H-pyrrole nitrogens is 1. The van der Waals surface area contributed by atoms with Crippen LogP contribution in [0.3, 0.4) is 0 Å². The van der Waals surface area contributed by atoms with E-state index in [0.717, 1.165) is 31.1 Å². The van der Waals surface area contributed by atoms with Crippen molar-refractivity contribution in [3.8, 4) is 0 Å². The smallest absolute Gasteiger partial charge is 0.137 e. The zero-order valence-corrected chi connectivity index (χ0v) is 11.9. The van der Waals surface area contributed by atoms with Crippen LogP contribution in [0.1, 0.15) is 52.3 Å². The van der Waals surface area contributed by atoms with Crippen LogP contribution < -0.4 is 5.32 Å². The molecule has 18 heavy (non-hydrogen) atoms. The number of hydrogen-bond donors (Lipinski definition) is 2. The molecule has 1 fully saturated rings. The predicted octanol–water partition coefficient (Wildman–Crippen LogP) is 2.54. The van der Waals surface area contributed by atoms with Gasteiger partial charge in [0.25, 0.3) is 0 Å². The molecule has 4 heteroatoms. The zero-order valence-electron chi connectivity index (χ0n) is 11.9.